The minimum Gasteiger partial charge on any atom is -0.373 e. The van der Waals surface area contributed by atoms with E-state index in [2.05, 4.69) is 10.5 Å². The molecular formula is C16H11FN2O2. The van der Waals surface area contributed by atoms with Gasteiger partial charge in [0, 0.05) is 11.3 Å². The van der Waals surface area contributed by atoms with E-state index in [4.69, 9.17) is 4.84 Å². The van der Waals surface area contributed by atoms with Crippen LogP contribution in [0.5, 0.6) is 0 Å². The van der Waals surface area contributed by atoms with Gasteiger partial charge in [0.15, 0.2) is 0 Å². The van der Waals surface area contributed by atoms with E-state index in [0.29, 0.717) is 12.1 Å². The number of hydrogen-bond acceptors (Lipinski definition) is 3. The van der Waals surface area contributed by atoms with Gasteiger partial charge in [-0.2, -0.15) is 0 Å². The minimum absolute atomic E-state index is 0.218. The molecule has 104 valence electrons. The number of hydrogen-bond donors (Lipinski definition) is 1. The fourth-order valence-electron chi connectivity index (χ4n) is 2.79. The van der Waals surface area contributed by atoms with Crippen molar-refractivity contribution >= 4 is 17.3 Å². The number of para-hydroxylation sites is 1. The molecule has 2 aliphatic heterocycles. The van der Waals surface area contributed by atoms with E-state index in [-0.39, 0.29) is 11.7 Å². The van der Waals surface area contributed by atoms with Crippen molar-refractivity contribution in [3.8, 4) is 0 Å². The molecule has 0 saturated carbocycles. The molecule has 1 amide bonds. The lowest BCUT2D eigenvalue weighted by molar-refractivity contribution is -0.137. The summed E-state index contributed by atoms with van der Waals surface area (Å²) in [6.45, 7) is 0. The normalized spacial score (nSPS) is 22.7. The Morgan fingerprint density at radius 1 is 1.14 bits per heavy atom. The SMILES string of the molecule is O=C1Nc2ccccc2[C@]12CC(c1ccc(F)cc1)=NO2. The highest BCUT2D eigenvalue weighted by Gasteiger charge is 2.53. The summed E-state index contributed by atoms with van der Waals surface area (Å²) in [4.78, 5) is 17.8. The zero-order valence-corrected chi connectivity index (χ0v) is 11.0. The zero-order chi connectivity index (χ0) is 14.4. The topological polar surface area (TPSA) is 50.7 Å². The number of amides is 1. The van der Waals surface area contributed by atoms with Gasteiger partial charge >= 0.3 is 0 Å². The maximum atomic E-state index is 13.0. The minimum atomic E-state index is -1.10. The average Bonchev–Trinajstić information content (AvgIpc) is 3.05. The first-order valence-corrected chi connectivity index (χ1v) is 6.61. The van der Waals surface area contributed by atoms with Crippen LogP contribution in [0.4, 0.5) is 10.1 Å². The maximum absolute atomic E-state index is 13.0. The van der Waals surface area contributed by atoms with Crippen LogP contribution in [-0.4, -0.2) is 11.6 Å². The Bertz CT molecular complexity index is 770. The number of nitrogens with one attached hydrogen (secondary N) is 1. The molecule has 1 N–H and O–H groups in total. The van der Waals surface area contributed by atoms with Crippen molar-refractivity contribution in [3.63, 3.8) is 0 Å². The standard InChI is InChI=1S/C16H11FN2O2/c17-11-7-5-10(6-8-11)14-9-16(21-19-14)12-3-1-2-4-13(12)18-15(16)20/h1-8H,9H2,(H,18,20)/t16-/m1/s1. The van der Waals surface area contributed by atoms with Gasteiger partial charge in [-0.3, -0.25) is 4.79 Å². The molecule has 2 heterocycles. The van der Waals surface area contributed by atoms with Crippen LogP contribution in [-0.2, 0) is 15.2 Å². The van der Waals surface area contributed by atoms with Crippen LogP contribution in [0.2, 0.25) is 0 Å². The van der Waals surface area contributed by atoms with Gasteiger partial charge in [0.25, 0.3) is 5.91 Å². The highest BCUT2D eigenvalue weighted by atomic mass is 19.1. The summed E-state index contributed by atoms with van der Waals surface area (Å²) >= 11 is 0. The van der Waals surface area contributed by atoms with Gasteiger partial charge in [0.2, 0.25) is 5.60 Å². The first-order chi connectivity index (χ1) is 10.2. The lowest BCUT2D eigenvalue weighted by Crippen LogP contribution is -2.34. The number of fused-ring (bicyclic) bond motifs is 2. The predicted octanol–water partition coefficient (Wildman–Crippen LogP) is 2.80. The Kier molecular flexibility index (Phi) is 2.39. The second-order valence-corrected chi connectivity index (χ2v) is 5.14. The van der Waals surface area contributed by atoms with E-state index in [1.807, 2.05) is 24.3 Å². The molecule has 0 fully saturated rings. The van der Waals surface area contributed by atoms with Crippen LogP contribution in [0.15, 0.2) is 53.7 Å². The third-order valence-corrected chi connectivity index (χ3v) is 3.88. The van der Waals surface area contributed by atoms with Crippen molar-refractivity contribution in [2.75, 3.05) is 5.32 Å². The van der Waals surface area contributed by atoms with Gasteiger partial charge in [-0.15, -0.1) is 0 Å². The summed E-state index contributed by atoms with van der Waals surface area (Å²) in [5.74, 6) is -0.526. The van der Waals surface area contributed by atoms with Crippen LogP contribution in [0.1, 0.15) is 17.5 Å². The monoisotopic (exact) mass is 282 g/mol. The molecule has 0 saturated heterocycles. The number of rotatable bonds is 1. The van der Waals surface area contributed by atoms with Crippen LogP contribution in [0, 0.1) is 5.82 Å². The van der Waals surface area contributed by atoms with Gasteiger partial charge in [-0.25, -0.2) is 4.39 Å². The number of carbonyl (C=O) groups excluding carboxylic acids is 1. The van der Waals surface area contributed by atoms with Gasteiger partial charge in [0.1, 0.15) is 5.82 Å². The van der Waals surface area contributed by atoms with Crippen LogP contribution in [0.25, 0.3) is 0 Å². The summed E-state index contributed by atoms with van der Waals surface area (Å²) in [5.41, 5.74) is 1.83. The second-order valence-electron chi connectivity index (χ2n) is 5.14. The van der Waals surface area contributed by atoms with Crippen LogP contribution < -0.4 is 5.32 Å². The van der Waals surface area contributed by atoms with Crippen molar-refractivity contribution in [3.05, 3.63) is 65.5 Å². The summed E-state index contributed by atoms with van der Waals surface area (Å²) in [5, 5.41) is 6.87. The molecule has 4 nitrogen and oxygen atoms in total. The molecular weight excluding hydrogens is 271 g/mol. The molecule has 21 heavy (non-hydrogen) atoms. The van der Waals surface area contributed by atoms with Crippen molar-refractivity contribution in [2.45, 2.75) is 12.0 Å². The first-order valence-electron chi connectivity index (χ1n) is 6.61. The van der Waals surface area contributed by atoms with Crippen LogP contribution in [0.3, 0.4) is 0 Å². The van der Waals surface area contributed by atoms with Gasteiger partial charge < -0.3 is 10.2 Å². The molecule has 2 aromatic carbocycles. The Morgan fingerprint density at radius 2 is 1.90 bits per heavy atom. The molecule has 2 aliphatic rings. The molecule has 0 bridgehead atoms. The lowest BCUT2D eigenvalue weighted by Gasteiger charge is -2.18. The van der Waals surface area contributed by atoms with Crippen molar-refractivity contribution in [1.29, 1.82) is 0 Å². The smallest absolute Gasteiger partial charge is 0.276 e. The maximum Gasteiger partial charge on any atom is 0.276 e. The Hall–Kier alpha value is -2.69. The highest BCUT2D eigenvalue weighted by Crippen LogP contribution is 2.45. The largest absolute Gasteiger partial charge is 0.373 e. The Balaban J connectivity index is 1.72. The summed E-state index contributed by atoms with van der Waals surface area (Å²) in [6.07, 6.45) is 0.335. The average molecular weight is 282 g/mol. The lowest BCUT2D eigenvalue weighted by atomic mass is 9.88. The van der Waals surface area contributed by atoms with E-state index in [0.717, 1.165) is 16.8 Å². The van der Waals surface area contributed by atoms with E-state index >= 15 is 0 Å². The van der Waals surface area contributed by atoms with E-state index in [9.17, 15) is 9.18 Å². The summed E-state index contributed by atoms with van der Waals surface area (Å²) in [6, 6.07) is 13.4. The van der Waals surface area contributed by atoms with Crippen molar-refractivity contribution in [2.24, 2.45) is 5.16 Å². The fraction of sp³-hybridized carbons (Fsp3) is 0.125. The number of anilines is 1. The summed E-state index contributed by atoms with van der Waals surface area (Å²) < 4.78 is 13.0. The molecule has 2 aromatic rings. The number of oxime groups is 1. The fourth-order valence-corrected chi connectivity index (χ4v) is 2.79. The zero-order valence-electron chi connectivity index (χ0n) is 11.0. The first kappa shape index (κ1) is 12.1. The third kappa shape index (κ3) is 1.67. The molecule has 0 unspecified atom stereocenters. The number of benzene rings is 2. The van der Waals surface area contributed by atoms with Gasteiger partial charge in [-0.1, -0.05) is 35.5 Å². The predicted molar refractivity (Wildman–Crippen MR) is 75.4 cm³/mol. The molecule has 0 radical (unpaired) electrons. The van der Waals surface area contributed by atoms with Gasteiger partial charge in [-0.05, 0) is 23.8 Å². The molecule has 1 atom stereocenters. The van der Waals surface area contributed by atoms with E-state index < -0.39 is 5.60 Å². The van der Waals surface area contributed by atoms with Crippen LogP contribution >= 0.6 is 0 Å². The molecule has 5 heteroatoms. The van der Waals surface area contributed by atoms with Crippen molar-refractivity contribution in [1.82, 2.24) is 0 Å². The Morgan fingerprint density at radius 3 is 2.71 bits per heavy atom. The Labute approximate surface area is 120 Å². The second kappa shape index (κ2) is 4.15. The molecule has 4 rings (SSSR count). The van der Waals surface area contributed by atoms with E-state index in [1.165, 1.54) is 12.1 Å². The molecule has 0 aromatic heterocycles. The molecule has 0 aliphatic carbocycles. The third-order valence-electron chi connectivity index (χ3n) is 3.88. The van der Waals surface area contributed by atoms with Gasteiger partial charge in [0.05, 0.1) is 12.1 Å². The highest BCUT2D eigenvalue weighted by molar-refractivity contribution is 6.12. The number of halogens is 1. The quantitative estimate of drug-likeness (QED) is 0.874. The molecule has 1 spiro atoms. The summed E-state index contributed by atoms with van der Waals surface area (Å²) in [7, 11) is 0. The van der Waals surface area contributed by atoms with E-state index in [1.54, 1.807) is 12.1 Å². The number of nitrogens with zero attached hydrogens (tertiary/aromatic N) is 1. The van der Waals surface area contributed by atoms with Crippen molar-refractivity contribution < 1.29 is 14.0 Å². The number of carbonyl (C=O) groups is 1.